The van der Waals surface area contributed by atoms with Gasteiger partial charge in [-0.05, 0) is 24.4 Å². The van der Waals surface area contributed by atoms with Gasteiger partial charge >= 0.3 is 0 Å². The molecule has 1 fully saturated rings. The topological polar surface area (TPSA) is 81.6 Å². The first-order valence-corrected chi connectivity index (χ1v) is 7.60. The number of rotatable bonds is 5. The molecule has 2 aromatic rings. The smallest absolute Gasteiger partial charge is 0.269 e. The van der Waals surface area contributed by atoms with Crippen molar-refractivity contribution >= 4 is 11.8 Å². The highest BCUT2D eigenvalue weighted by atomic mass is 16.6. The quantitative estimate of drug-likeness (QED) is 0.477. The van der Waals surface area contributed by atoms with E-state index >= 15 is 0 Å². The summed E-state index contributed by atoms with van der Waals surface area (Å²) >= 11 is 0. The zero-order chi connectivity index (χ0) is 16.8. The van der Waals surface area contributed by atoms with E-state index in [1.807, 2.05) is 18.4 Å². The number of nitro groups is 1. The summed E-state index contributed by atoms with van der Waals surface area (Å²) in [5.74, 6) is 1.05. The van der Waals surface area contributed by atoms with Crippen LogP contribution in [0.15, 0.2) is 53.2 Å². The average molecular weight is 327 g/mol. The molecule has 24 heavy (non-hydrogen) atoms. The van der Waals surface area contributed by atoms with Gasteiger partial charge in [-0.15, -0.1) is 0 Å². The summed E-state index contributed by atoms with van der Waals surface area (Å²) in [6, 6.07) is 6.17. The van der Waals surface area contributed by atoms with Crippen LogP contribution in [0.25, 0.3) is 17.4 Å². The Balaban J connectivity index is 1.61. The number of nitrogens with zero attached hydrogens (tertiary/aromatic N) is 3. The molecular weight excluding hydrogens is 310 g/mol. The Labute approximate surface area is 139 Å². The molecule has 0 amide bonds. The summed E-state index contributed by atoms with van der Waals surface area (Å²) < 4.78 is 10.9. The van der Waals surface area contributed by atoms with Crippen LogP contribution in [0.2, 0.25) is 0 Å². The van der Waals surface area contributed by atoms with Gasteiger partial charge in [-0.1, -0.05) is 6.08 Å². The van der Waals surface area contributed by atoms with Crippen LogP contribution in [0, 0.1) is 10.1 Å². The third kappa shape index (κ3) is 4.08. The molecule has 1 aliphatic heterocycles. The van der Waals surface area contributed by atoms with E-state index in [4.69, 9.17) is 9.15 Å². The van der Waals surface area contributed by atoms with Gasteiger partial charge in [-0.3, -0.25) is 10.1 Å². The van der Waals surface area contributed by atoms with Crippen LogP contribution in [0.1, 0.15) is 5.89 Å². The zero-order valence-electron chi connectivity index (χ0n) is 13.0. The molecule has 0 saturated carbocycles. The van der Waals surface area contributed by atoms with E-state index in [1.165, 1.54) is 12.1 Å². The lowest BCUT2D eigenvalue weighted by Crippen LogP contribution is -2.31. The zero-order valence-corrected chi connectivity index (χ0v) is 13.0. The van der Waals surface area contributed by atoms with Crippen molar-refractivity contribution in [1.29, 1.82) is 0 Å². The number of non-ortho nitro benzene ring substituents is 1. The molecule has 7 nitrogen and oxygen atoms in total. The minimum Gasteiger partial charge on any atom is -0.437 e. The second kappa shape index (κ2) is 7.56. The lowest BCUT2D eigenvalue weighted by Gasteiger charge is -2.24. The van der Waals surface area contributed by atoms with Crippen molar-refractivity contribution in [2.75, 3.05) is 26.3 Å². The molecule has 7 heteroatoms. The molecule has 1 aromatic carbocycles. The summed E-state index contributed by atoms with van der Waals surface area (Å²) in [4.78, 5) is 16.6. The van der Waals surface area contributed by atoms with Gasteiger partial charge in [0.15, 0.2) is 5.76 Å². The molecule has 0 aliphatic carbocycles. The van der Waals surface area contributed by atoms with Gasteiger partial charge in [-0.2, -0.15) is 0 Å². The van der Waals surface area contributed by atoms with Gasteiger partial charge in [0.05, 0.1) is 24.3 Å². The molecular formula is C17H17N3O4. The van der Waals surface area contributed by atoms with Gasteiger partial charge in [0.1, 0.15) is 0 Å². The second-order valence-electron chi connectivity index (χ2n) is 5.22. The normalized spacial score (nSPS) is 15.4. The van der Waals surface area contributed by atoms with Gasteiger partial charge < -0.3 is 14.1 Å². The number of ether oxygens (including phenoxy) is 1. The maximum Gasteiger partial charge on any atom is 0.269 e. The van der Waals surface area contributed by atoms with E-state index in [1.54, 1.807) is 24.4 Å². The fourth-order valence-corrected chi connectivity index (χ4v) is 2.28. The Morgan fingerprint density at radius 2 is 1.92 bits per heavy atom. The van der Waals surface area contributed by atoms with Crippen molar-refractivity contribution in [2.24, 2.45) is 0 Å². The van der Waals surface area contributed by atoms with Crippen LogP contribution in [0.4, 0.5) is 5.69 Å². The van der Waals surface area contributed by atoms with Crippen molar-refractivity contribution in [3.8, 4) is 11.3 Å². The van der Waals surface area contributed by atoms with Gasteiger partial charge in [0.25, 0.3) is 5.69 Å². The van der Waals surface area contributed by atoms with E-state index in [0.717, 1.165) is 31.9 Å². The molecule has 0 atom stereocenters. The van der Waals surface area contributed by atoms with E-state index in [2.05, 4.69) is 9.88 Å². The second-order valence-corrected chi connectivity index (χ2v) is 5.22. The highest BCUT2D eigenvalue weighted by Gasteiger charge is 2.08. The standard InChI is InChI=1S/C17H17N3O4/c21-20(22)15-6-4-14(5-7-15)16-13-18-17(24-16)3-1-2-8-19-9-11-23-12-10-19/h1-8,13H,9-12H2/b3-1+,8-2+. The van der Waals surface area contributed by atoms with Crippen molar-refractivity contribution < 1.29 is 14.1 Å². The van der Waals surface area contributed by atoms with Crippen molar-refractivity contribution in [1.82, 2.24) is 9.88 Å². The number of hydrogen-bond acceptors (Lipinski definition) is 6. The Hall–Kier alpha value is -2.93. The Morgan fingerprint density at radius 3 is 2.62 bits per heavy atom. The predicted molar refractivity (Wildman–Crippen MR) is 89.2 cm³/mol. The molecule has 1 saturated heterocycles. The number of hydrogen-bond donors (Lipinski definition) is 0. The minimum absolute atomic E-state index is 0.0478. The van der Waals surface area contributed by atoms with Crippen LogP contribution in [-0.4, -0.2) is 41.1 Å². The number of morpholine rings is 1. The molecule has 0 radical (unpaired) electrons. The van der Waals surface area contributed by atoms with Crippen molar-refractivity contribution in [3.63, 3.8) is 0 Å². The van der Waals surface area contributed by atoms with Crippen molar-refractivity contribution in [3.05, 3.63) is 64.8 Å². The number of benzene rings is 1. The summed E-state index contributed by atoms with van der Waals surface area (Å²) in [5.41, 5.74) is 0.795. The third-order valence-electron chi connectivity index (χ3n) is 3.58. The number of nitro benzene ring substituents is 1. The fourth-order valence-electron chi connectivity index (χ4n) is 2.28. The number of oxazole rings is 1. The summed E-state index contributed by atoms with van der Waals surface area (Å²) in [5, 5.41) is 10.7. The van der Waals surface area contributed by atoms with E-state index in [0.29, 0.717) is 11.7 Å². The van der Waals surface area contributed by atoms with Crippen LogP contribution in [0.3, 0.4) is 0 Å². The Morgan fingerprint density at radius 1 is 1.17 bits per heavy atom. The van der Waals surface area contributed by atoms with E-state index in [9.17, 15) is 10.1 Å². The lowest BCUT2D eigenvalue weighted by molar-refractivity contribution is -0.384. The van der Waals surface area contributed by atoms with E-state index in [-0.39, 0.29) is 5.69 Å². The monoisotopic (exact) mass is 327 g/mol. The molecule has 1 aromatic heterocycles. The summed E-state index contributed by atoms with van der Waals surface area (Å²) in [7, 11) is 0. The van der Waals surface area contributed by atoms with Crippen LogP contribution in [-0.2, 0) is 4.74 Å². The van der Waals surface area contributed by atoms with Crippen molar-refractivity contribution in [2.45, 2.75) is 0 Å². The summed E-state index contributed by atoms with van der Waals surface area (Å²) in [6.45, 7) is 3.31. The van der Waals surface area contributed by atoms with Crippen LogP contribution >= 0.6 is 0 Å². The highest BCUT2D eigenvalue weighted by molar-refractivity contribution is 5.59. The average Bonchev–Trinajstić information content (AvgIpc) is 3.09. The lowest BCUT2D eigenvalue weighted by atomic mass is 10.2. The summed E-state index contributed by atoms with van der Waals surface area (Å²) in [6.07, 6.45) is 9.18. The number of aromatic nitrogens is 1. The Bertz CT molecular complexity index is 743. The molecule has 3 rings (SSSR count). The molecule has 2 heterocycles. The largest absolute Gasteiger partial charge is 0.437 e. The third-order valence-corrected chi connectivity index (χ3v) is 3.58. The molecule has 0 bridgehead atoms. The van der Waals surface area contributed by atoms with E-state index < -0.39 is 4.92 Å². The minimum atomic E-state index is -0.431. The Kier molecular flexibility index (Phi) is 5.02. The van der Waals surface area contributed by atoms with Crippen LogP contribution < -0.4 is 0 Å². The first-order chi connectivity index (χ1) is 11.7. The van der Waals surface area contributed by atoms with Crippen LogP contribution in [0.5, 0.6) is 0 Å². The molecule has 0 spiro atoms. The highest BCUT2D eigenvalue weighted by Crippen LogP contribution is 2.23. The number of allylic oxidation sites excluding steroid dienone is 2. The molecule has 0 N–H and O–H groups in total. The maximum atomic E-state index is 10.7. The SMILES string of the molecule is O=[N+]([O-])c1ccc(-c2cnc(/C=C/C=C/N3CCOCC3)o2)cc1. The van der Waals surface area contributed by atoms with Gasteiger partial charge in [-0.25, -0.2) is 4.98 Å². The molecule has 124 valence electrons. The van der Waals surface area contributed by atoms with Gasteiger partial charge in [0.2, 0.25) is 5.89 Å². The molecule has 1 aliphatic rings. The van der Waals surface area contributed by atoms with Gasteiger partial charge in [0, 0.05) is 36.9 Å². The molecule has 0 unspecified atom stereocenters. The predicted octanol–water partition coefficient (Wildman–Crippen LogP) is 3.11. The maximum absolute atomic E-state index is 10.7. The first kappa shape index (κ1) is 15.9. The fraction of sp³-hybridized carbons (Fsp3) is 0.235. The first-order valence-electron chi connectivity index (χ1n) is 7.60.